The third kappa shape index (κ3) is 5.49. The fourth-order valence-electron chi connectivity index (χ4n) is 1.64. The van der Waals surface area contributed by atoms with Gasteiger partial charge < -0.3 is 15.8 Å². The first-order valence-corrected chi connectivity index (χ1v) is 5.76. The molecule has 0 aliphatic heterocycles. The van der Waals surface area contributed by atoms with Gasteiger partial charge in [0, 0.05) is 18.7 Å². The van der Waals surface area contributed by atoms with Crippen molar-refractivity contribution in [3.8, 4) is 5.88 Å². The van der Waals surface area contributed by atoms with E-state index in [9.17, 15) is 0 Å². The maximum atomic E-state index is 6.04. The van der Waals surface area contributed by atoms with Crippen molar-refractivity contribution in [1.29, 1.82) is 0 Å². The highest BCUT2D eigenvalue weighted by atomic mass is 16.5. The van der Waals surface area contributed by atoms with Crippen LogP contribution < -0.4 is 15.8 Å². The molecule has 0 spiro atoms. The molecule has 0 amide bonds. The molecule has 1 atom stereocenters. The number of ether oxygens (including phenoxy) is 1. The first kappa shape index (κ1) is 13.7. The lowest BCUT2D eigenvalue weighted by Crippen LogP contribution is -2.33. The largest absolute Gasteiger partial charge is 0.481 e. The van der Waals surface area contributed by atoms with Crippen LogP contribution in [0.2, 0.25) is 0 Å². The molecule has 5 heteroatoms. The van der Waals surface area contributed by atoms with Gasteiger partial charge in [-0.05, 0) is 11.8 Å². The molecule has 96 valence electrons. The highest BCUT2D eigenvalue weighted by molar-refractivity contribution is 5.37. The molecule has 0 fully saturated rings. The van der Waals surface area contributed by atoms with Crippen LogP contribution in [0.1, 0.15) is 27.2 Å². The summed E-state index contributed by atoms with van der Waals surface area (Å²) in [6, 6.07) is 1.86. The smallest absolute Gasteiger partial charge is 0.218 e. The van der Waals surface area contributed by atoms with Gasteiger partial charge in [0.05, 0.1) is 7.11 Å². The fourth-order valence-corrected chi connectivity index (χ4v) is 1.64. The van der Waals surface area contributed by atoms with E-state index < -0.39 is 0 Å². The zero-order chi connectivity index (χ0) is 12.9. The summed E-state index contributed by atoms with van der Waals surface area (Å²) in [4.78, 5) is 8.04. The monoisotopic (exact) mass is 238 g/mol. The minimum Gasteiger partial charge on any atom is -0.481 e. The van der Waals surface area contributed by atoms with E-state index in [2.05, 4.69) is 36.1 Å². The van der Waals surface area contributed by atoms with Gasteiger partial charge in [0.15, 0.2) is 0 Å². The number of nitrogens with one attached hydrogen (secondary N) is 1. The molecule has 17 heavy (non-hydrogen) atoms. The minimum absolute atomic E-state index is 0.107. The van der Waals surface area contributed by atoms with E-state index in [1.807, 2.05) is 0 Å². The second-order valence-electron chi connectivity index (χ2n) is 5.35. The summed E-state index contributed by atoms with van der Waals surface area (Å²) in [6.07, 6.45) is 2.43. The Morgan fingerprint density at radius 3 is 2.71 bits per heavy atom. The number of methoxy groups -OCH3 is 1. The quantitative estimate of drug-likeness (QED) is 0.816. The standard InChI is InChI=1S/C12H22N4O/c1-12(2,3)6-9(13)7-14-10-5-11(17-4)16-8-15-10/h5,8-9H,6-7,13H2,1-4H3,(H,14,15,16). The maximum absolute atomic E-state index is 6.04. The summed E-state index contributed by atoms with van der Waals surface area (Å²) < 4.78 is 5.02. The Morgan fingerprint density at radius 2 is 2.12 bits per heavy atom. The van der Waals surface area contributed by atoms with Gasteiger partial charge >= 0.3 is 0 Å². The van der Waals surface area contributed by atoms with E-state index in [0.717, 1.165) is 12.2 Å². The van der Waals surface area contributed by atoms with E-state index in [1.165, 1.54) is 6.33 Å². The molecule has 1 unspecified atom stereocenters. The molecule has 1 aromatic rings. The summed E-state index contributed by atoms with van der Waals surface area (Å²) in [6.45, 7) is 7.24. The fraction of sp³-hybridized carbons (Fsp3) is 0.667. The normalized spacial score (nSPS) is 13.2. The summed E-state index contributed by atoms with van der Waals surface area (Å²) in [5.41, 5.74) is 6.28. The number of anilines is 1. The zero-order valence-corrected chi connectivity index (χ0v) is 11.0. The van der Waals surface area contributed by atoms with Crippen LogP contribution >= 0.6 is 0 Å². The third-order valence-electron chi connectivity index (χ3n) is 2.27. The Labute approximate surface area is 103 Å². The molecule has 3 N–H and O–H groups in total. The molecular formula is C12H22N4O. The van der Waals surface area contributed by atoms with E-state index >= 15 is 0 Å². The first-order valence-electron chi connectivity index (χ1n) is 5.76. The van der Waals surface area contributed by atoms with Crippen molar-refractivity contribution in [1.82, 2.24) is 9.97 Å². The van der Waals surface area contributed by atoms with Crippen molar-refractivity contribution in [2.24, 2.45) is 11.1 Å². The molecule has 1 aromatic heterocycles. The van der Waals surface area contributed by atoms with Gasteiger partial charge in [-0.2, -0.15) is 0 Å². The summed E-state index contributed by atoms with van der Waals surface area (Å²) in [7, 11) is 1.58. The predicted octanol–water partition coefficient (Wildman–Crippen LogP) is 1.66. The van der Waals surface area contributed by atoms with Gasteiger partial charge in [-0.25, -0.2) is 9.97 Å². The predicted molar refractivity (Wildman–Crippen MR) is 69.1 cm³/mol. The van der Waals surface area contributed by atoms with Gasteiger partial charge in [-0.3, -0.25) is 0 Å². The van der Waals surface area contributed by atoms with Crippen LogP contribution in [0.5, 0.6) is 5.88 Å². The van der Waals surface area contributed by atoms with E-state index in [-0.39, 0.29) is 11.5 Å². The lowest BCUT2D eigenvalue weighted by atomic mass is 9.88. The topological polar surface area (TPSA) is 73.1 Å². The maximum Gasteiger partial charge on any atom is 0.218 e. The second-order valence-corrected chi connectivity index (χ2v) is 5.35. The van der Waals surface area contributed by atoms with Crippen molar-refractivity contribution < 1.29 is 4.74 Å². The molecule has 0 aliphatic rings. The van der Waals surface area contributed by atoms with Crippen molar-refractivity contribution in [3.05, 3.63) is 12.4 Å². The van der Waals surface area contributed by atoms with Crippen LogP contribution in [0.3, 0.4) is 0 Å². The Kier molecular flexibility index (Phi) is 4.69. The zero-order valence-electron chi connectivity index (χ0n) is 11.0. The number of rotatable bonds is 5. The minimum atomic E-state index is 0.107. The van der Waals surface area contributed by atoms with Gasteiger partial charge in [0.25, 0.3) is 0 Å². The van der Waals surface area contributed by atoms with Crippen LogP contribution in [0.15, 0.2) is 12.4 Å². The SMILES string of the molecule is COc1cc(NCC(N)CC(C)(C)C)ncn1. The molecule has 1 heterocycles. The summed E-state index contributed by atoms with van der Waals surface area (Å²) >= 11 is 0. The first-order chi connectivity index (χ1) is 7.90. The summed E-state index contributed by atoms with van der Waals surface area (Å²) in [5, 5.41) is 3.19. The van der Waals surface area contributed by atoms with Crippen molar-refractivity contribution >= 4 is 5.82 Å². The molecule has 0 aliphatic carbocycles. The van der Waals surface area contributed by atoms with E-state index in [4.69, 9.17) is 10.5 Å². The number of aromatic nitrogens is 2. The number of nitrogens with two attached hydrogens (primary N) is 1. The van der Waals surface area contributed by atoms with Crippen molar-refractivity contribution in [3.63, 3.8) is 0 Å². The van der Waals surface area contributed by atoms with Gasteiger partial charge in [0.1, 0.15) is 12.1 Å². The average Bonchev–Trinajstić information content (AvgIpc) is 2.24. The number of hydrogen-bond acceptors (Lipinski definition) is 5. The Morgan fingerprint density at radius 1 is 1.41 bits per heavy atom. The molecule has 1 rings (SSSR count). The van der Waals surface area contributed by atoms with E-state index in [0.29, 0.717) is 12.4 Å². The van der Waals surface area contributed by atoms with Crippen molar-refractivity contribution in [2.75, 3.05) is 19.0 Å². The Bertz CT molecular complexity index is 349. The van der Waals surface area contributed by atoms with E-state index in [1.54, 1.807) is 13.2 Å². The number of hydrogen-bond donors (Lipinski definition) is 2. The Balaban J connectivity index is 2.44. The highest BCUT2D eigenvalue weighted by Gasteiger charge is 2.15. The van der Waals surface area contributed by atoms with Gasteiger partial charge in [-0.1, -0.05) is 20.8 Å². The average molecular weight is 238 g/mol. The lowest BCUT2D eigenvalue weighted by Gasteiger charge is -2.23. The molecule has 0 saturated heterocycles. The Hall–Kier alpha value is -1.36. The van der Waals surface area contributed by atoms with Crippen LogP contribution in [-0.4, -0.2) is 29.7 Å². The van der Waals surface area contributed by atoms with Crippen LogP contribution in [0, 0.1) is 5.41 Å². The summed E-state index contributed by atoms with van der Waals surface area (Å²) in [5.74, 6) is 1.29. The molecular weight excluding hydrogens is 216 g/mol. The third-order valence-corrected chi connectivity index (χ3v) is 2.27. The highest BCUT2D eigenvalue weighted by Crippen LogP contribution is 2.20. The molecule has 0 bridgehead atoms. The van der Waals surface area contributed by atoms with Crippen LogP contribution in [0.25, 0.3) is 0 Å². The second kappa shape index (κ2) is 5.82. The van der Waals surface area contributed by atoms with Gasteiger partial charge in [-0.15, -0.1) is 0 Å². The molecule has 0 saturated carbocycles. The van der Waals surface area contributed by atoms with Crippen LogP contribution in [-0.2, 0) is 0 Å². The molecule has 5 nitrogen and oxygen atoms in total. The van der Waals surface area contributed by atoms with Crippen LogP contribution in [0.4, 0.5) is 5.82 Å². The van der Waals surface area contributed by atoms with Crippen molar-refractivity contribution in [2.45, 2.75) is 33.2 Å². The molecule has 0 radical (unpaired) electrons. The number of nitrogens with zero attached hydrogens (tertiary/aromatic N) is 2. The van der Waals surface area contributed by atoms with Gasteiger partial charge in [0.2, 0.25) is 5.88 Å². The molecule has 0 aromatic carbocycles. The lowest BCUT2D eigenvalue weighted by molar-refractivity contribution is 0.344.